The molecule has 0 saturated heterocycles. The van der Waals surface area contributed by atoms with Crippen LogP contribution >= 0.6 is 96.4 Å². The standard InChI is InChI=1S/C4H10.C2H6.C2H5.CH3.4Al.4BrH.4ClH.2H/c1-3-4-2;2*1-2;;;;;;;;;;;;;;;/h3-4H2,1-2H3;1-2H3;1H2,2H3;1H3;;;;;8*1H;;/q;;;;4*+2;;;;;;;;;;/p-8. The Balaban J connectivity index is -0.0000000329. The lowest BCUT2D eigenvalue weighted by Crippen LogP contribution is -1.83. The van der Waals surface area contributed by atoms with Crippen molar-refractivity contribution in [3.8, 4) is 0 Å². The van der Waals surface area contributed by atoms with Crippen molar-refractivity contribution >= 4 is 144 Å². The van der Waals surface area contributed by atoms with Gasteiger partial charge in [0.15, 0.2) is 0 Å². The Morgan fingerprint density at radius 1 is 0.762 bits per heavy atom. The van der Waals surface area contributed by atoms with Crippen molar-refractivity contribution in [2.24, 2.45) is 0 Å². The summed E-state index contributed by atoms with van der Waals surface area (Å²) in [5, 5.41) is 0.975. The van der Waals surface area contributed by atoms with Gasteiger partial charge in [-0.05, 0) is 0 Å². The Morgan fingerprint density at radius 2 is 0.857 bits per heavy atom. The zero-order valence-corrected chi connectivity index (χ0v) is 28.2. The zero-order valence-electron chi connectivity index (χ0n) is 13.7. The molecule has 0 aliphatic rings. The van der Waals surface area contributed by atoms with E-state index in [0.717, 1.165) is 5.28 Å². The van der Waals surface area contributed by atoms with Crippen molar-refractivity contribution in [2.45, 2.75) is 58.5 Å². The molecule has 0 unspecified atom stereocenters. The van der Waals surface area contributed by atoms with Crippen LogP contribution in [0.15, 0.2) is 0 Å². The molecular formula is C9H26Al4Br4Cl4. The topological polar surface area (TPSA) is 0 Å². The Bertz CT molecular complexity index is 105. The van der Waals surface area contributed by atoms with Gasteiger partial charge in [0.2, 0.25) is 0 Å². The van der Waals surface area contributed by atoms with E-state index in [4.69, 9.17) is 40.2 Å². The van der Waals surface area contributed by atoms with Gasteiger partial charge in [0.1, 0.15) is 0 Å². The van der Waals surface area contributed by atoms with Crippen LogP contribution in [0.5, 0.6) is 0 Å². The fourth-order valence-corrected chi connectivity index (χ4v) is 0. The Labute approximate surface area is 199 Å². The van der Waals surface area contributed by atoms with Gasteiger partial charge in [-0.3, -0.25) is 0 Å². The van der Waals surface area contributed by atoms with E-state index in [1.807, 2.05) is 26.6 Å². The molecule has 0 fully saturated rings. The Kier molecular flexibility index (Phi) is 109. The van der Waals surface area contributed by atoms with Gasteiger partial charge in [-0.2, -0.15) is 0 Å². The highest BCUT2D eigenvalue weighted by molar-refractivity contribution is 9.47. The molecule has 0 atom stereocenters. The molecule has 0 saturated carbocycles. The average molecular weight is 704 g/mol. The molecule has 0 aromatic heterocycles. The van der Waals surface area contributed by atoms with Gasteiger partial charge < -0.3 is 0 Å². The highest BCUT2D eigenvalue weighted by Crippen LogP contribution is 1.99. The summed E-state index contributed by atoms with van der Waals surface area (Å²) in [4.78, 5) is 0. The minimum Gasteiger partial charge on any atom is -0.234 e. The molecule has 0 amide bonds. The highest BCUT2D eigenvalue weighted by atomic mass is 79.9. The monoisotopic (exact) mass is 698 g/mol. The minimum absolute atomic E-state index is 0.0417. The third-order valence-corrected chi connectivity index (χ3v) is 3.28. The summed E-state index contributed by atoms with van der Waals surface area (Å²) >= 11 is 10.5. The third kappa shape index (κ3) is 201. The van der Waals surface area contributed by atoms with Gasteiger partial charge in [0.05, 0.1) is 0 Å². The molecule has 0 N–H and O–H groups in total. The van der Waals surface area contributed by atoms with Crippen LogP contribution in [0.4, 0.5) is 0 Å². The Hall–Kier alpha value is 5.21. The first kappa shape index (κ1) is 40.8. The number of unbranched alkanes of at least 4 members (excludes halogenated alkanes) is 1. The molecular weight excluding hydrogens is 677 g/mol. The molecule has 0 aromatic carbocycles. The Morgan fingerprint density at radius 3 is 0.857 bits per heavy atom. The molecule has 0 aliphatic heterocycles. The highest BCUT2D eigenvalue weighted by Gasteiger charge is 2.03. The van der Waals surface area contributed by atoms with Crippen LogP contribution in [0.25, 0.3) is 0 Å². The first-order chi connectivity index (χ1) is 9.74. The molecule has 0 nitrogen and oxygen atoms in total. The molecule has 0 spiro atoms. The van der Waals surface area contributed by atoms with Crippen LogP contribution in [-0.2, 0) is 0 Å². The first-order valence-electron chi connectivity index (χ1n) is 6.55. The van der Waals surface area contributed by atoms with E-state index in [-0.39, 0.29) is 23.1 Å². The van der Waals surface area contributed by atoms with Gasteiger partial charge in [0.25, 0.3) is 0 Å². The first-order valence-corrected chi connectivity index (χ1v) is 31.1. The van der Waals surface area contributed by atoms with E-state index >= 15 is 0 Å². The summed E-state index contributed by atoms with van der Waals surface area (Å²) in [6.45, 7) is 10.4. The van der Waals surface area contributed by atoms with Gasteiger partial charge >= 0.3 is 47.7 Å². The molecule has 0 rings (SSSR count). The van der Waals surface area contributed by atoms with E-state index in [1.54, 1.807) is 0 Å². The summed E-state index contributed by atoms with van der Waals surface area (Å²) < 4.78 is 0. The minimum atomic E-state index is -1.21. The van der Waals surface area contributed by atoms with Crippen LogP contribution < -0.4 is 0 Å². The number of hydrogen-bond acceptors (Lipinski definition) is 0. The van der Waals surface area contributed by atoms with E-state index in [1.165, 1.54) is 12.8 Å². The molecule has 21 heavy (non-hydrogen) atoms. The summed E-state index contributed by atoms with van der Waals surface area (Å²) in [6, 6.07) is 0. The number of hydrogen-bond donors (Lipinski definition) is 0. The maximum Gasteiger partial charge on any atom is 0.519 e. The van der Waals surface area contributed by atoms with E-state index in [2.05, 4.69) is 70.1 Å². The summed E-state index contributed by atoms with van der Waals surface area (Å²) in [7, 11) is 21.1. The maximum atomic E-state index is 5.37. The SMILES string of the molecule is CC.CCCC.C[CH2][Al]([Cl])[Cl].[Br][AlH][Br].[Br][AlH][Br].[CH3][Al]([Cl])[Cl]. The maximum absolute atomic E-state index is 5.37. The molecule has 12 heteroatoms. The fourth-order valence-electron chi connectivity index (χ4n) is 0. The smallest absolute Gasteiger partial charge is 0.234 e. The molecule has 0 aromatic rings. The lowest BCUT2D eigenvalue weighted by atomic mass is 10.4. The normalized spacial score (nSPS) is 6.19. The lowest BCUT2D eigenvalue weighted by molar-refractivity contribution is 0.886. The summed E-state index contributed by atoms with van der Waals surface area (Å²) in [5.41, 5.74) is 0. The van der Waals surface area contributed by atoms with Crippen LogP contribution in [0, 0.1) is 0 Å². The van der Waals surface area contributed by atoms with Crippen LogP contribution in [0.3, 0.4) is 0 Å². The van der Waals surface area contributed by atoms with Gasteiger partial charge in [0, 0.05) is 0 Å². The van der Waals surface area contributed by atoms with E-state index < -0.39 is 24.6 Å². The van der Waals surface area contributed by atoms with Crippen molar-refractivity contribution < 1.29 is 0 Å². The van der Waals surface area contributed by atoms with Crippen molar-refractivity contribution in [1.29, 1.82) is 0 Å². The lowest BCUT2D eigenvalue weighted by Gasteiger charge is -1.74. The van der Waals surface area contributed by atoms with Crippen molar-refractivity contribution in [3.05, 3.63) is 0 Å². The second kappa shape index (κ2) is 56.2. The second-order valence-corrected chi connectivity index (χ2v) is 29.7. The second-order valence-electron chi connectivity index (χ2n) is 2.52. The number of rotatable bonds is 2. The summed E-state index contributed by atoms with van der Waals surface area (Å²) in [6.07, 6.45) is 2.64. The molecule has 0 radical (unpaired) electrons. The van der Waals surface area contributed by atoms with Gasteiger partial charge in [-0.15, -0.1) is 0 Å². The third-order valence-electron chi connectivity index (χ3n) is 0.809. The average Bonchev–Trinajstić information content (AvgIpc) is 2.42. The summed E-state index contributed by atoms with van der Waals surface area (Å²) in [5.74, 6) is 1.84. The van der Waals surface area contributed by atoms with E-state index in [9.17, 15) is 0 Å². The number of halogens is 8. The quantitative estimate of drug-likeness (QED) is 0.253. The van der Waals surface area contributed by atoms with Crippen molar-refractivity contribution in [3.63, 3.8) is 0 Å². The van der Waals surface area contributed by atoms with Gasteiger partial charge in [-0.25, -0.2) is 96.4 Å². The zero-order chi connectivity index (χ0) is 18.7. The molecule has 0 bridgehead atoms. The largest absolute Gasteiger partial charge is 0.519 e. The molecule has 0 heterocycles. The van der Waals surface area contributed by atoms with E-state index in [0.29, 0.717) is 0 Å². The van der Waals surface area contributed by atoms with Crippen molar-refractivity contribution in [1.82, 2.24) is 0 Å². The molecule has 130 valence electrons. The predicted molar refractivity (Wildman–Crippen MR) is 133 cm³/mol. The van der Waals surface area contributed by atoms with Crippen LogP contribution in [-0.4, -0.2) is 47.7 Å². The van der Waals surface area contributed by atoms with Crippen LogP contribution in [0.2, 0.25) is 11.1 Å². The van der Waals surface area contributed by atoms with Crippen LogP contribution in [0.1, 0.15) is 47.5 Å². The predicted octanol–water partition coefficient (Wildman–Crippen LogP) is 8.47. The molecule has 0 aliphatic carbocycles. The van der Waals surface area contributed by atoms with Gasteiger partial charge in [-0.1, -0.05) is 58.5 Å². The van der Waals surface area contributed by atoms with Crippen molar-refractivity contribution in [2.75, 3.05) is 0 Å². The fraction of sp³-hybridized carbons (Fsp3) is 1.00.